The molecule has 0 bridgehead atoms. The van der Waals surface area contributed by atoms with Crippen molar-refractivity contribution in [3.63, 3.8) is 0 Å². The number of hydrogen-bond acceptors (Lipinski definition) is 4. The van der Waals surface area contributed by atoms with Crippen LogP contribution in [-0.2, 0) is 17.7 Å². The molecule has 27 heavy (non-hydrogen) atoms. The van der Waals surface area contributed by atoms with Crippen LogP contribution in [0.3, 0.4) is 0 Å². The number of hydrogen-bond donors (Lipinski definition) is 1. The summed E-state index contributed by atoms with van der Waals surface area (Å²) in [5.74, 6) is -0.0711. The summed E-state index contributed by atoms with van der Waals surface area (Å²) in [7, 11) is 0. The van der Waals surface area contributed by atoms with Gasteiger partial charge in [-0.3, -0.25) is 0 Å². The third-order valence-corrected chi connectivity index (χ3v) is 4.33. The SMILES string of the molecule is [C-]#[N+]c1cc(C(=O)O/N=C(\N)c2cccc3c2CCC3)ccc1OC(C)C. The number of ether oxygens (including phenoxy) is 1. The largest absolute Gasteiger partial charge is 0.502 e. The lowest BCUT2D eigenvalue weighted by Gasteiger charge is -2.12. The number of benzene rings is 2. The van der Waals surface area contributed by atoms with Crippen LogP contribution in [0.4, 0.5) is 5.69 Å². The number of fused-ring (bicyclic) bond motifs is 1. The van der Waals surface area contributed by atoms with Gasteiger partial charge in [-0.25, -0.2) is 9.64 Å². The van der Waals surface area contributed by atoms with Crippen LogP contribution in [-0.4, -0.2) is 17.9 Å². The molecule has 0 unspecified atom stereocenters. The predicted molar refractivity (Wildman–Crippen MR) is 103 cm³/mol. The number of nitrogens with two attached hydrogens (primary N) is 1. The predicted octanol–water partition coefficient (Wildman–Crippen LogP) is 3.99. The molecule has 0 saturated carbocycles. The highest BCUT2D eigenvalue weighted by atomic mass is 16.7. The van der Waals surface area contributed by atoms with Crippen LogP contribution in [0.5, 0.6) is 5.75 Å². The number of amidine groups is 1. The second-order valence-electron chi connectivity index (χ2n) is 6.61. The average molecular weight is 363 g/mol. The normalized spacial score (nSPS) is 13.2. The molecule has 3 rings (SSSR count). The molecule has 0 fully saturated rings. The van der Waals surface area contributed by atoms with Crippen molar-refractivity contribution in [2.24, 2.45) is 10.9 Å². The molecule has 1 aliphatic carbocycles. The van der Waals surface area contributed by atoms with Gasteiger partial charge in [-0.15, -0.1) is 0 Å². The van der Waals surface area contributed by atoms with Gasteiger partial charge in [0.15, 0.2) is 5.84 Å². The number of nitrogens with zero attached hydrogens (tertiary/aromatic N) is 2. The van der Waals surface area contributed by atoms with E-state index in [1.54, 1.807) is 12.1 Å². The van der Waals surface area contributed by atoms with E-state index in [0.717, 1.165) is 24.8 Å². The summed E-state index contributed by atoms with van der Waals surface area (Å²) in [4.78, 5) is 20.7. The molecular formula is C21H21N3O3. The van der Waals surface area contributed by atoms with E-state index in [4.69, 9.17) is 21.9 Å². The van der Waals surface area contributed by atoms with Gasteiger partial charge >= 0.3 is 5.97 Å². The maximum atomic E-state index is 12.3. The van der Waals surface area contributed by atoms with Crippen LogP contribution in [0.25, 0.3) is 4.85 Å². The van der Waals surface area contributed by atoms with Crippen LogP contribution < -0.4 is 10.5 Å². The molecule has 0 radical (unpaired) electrons. The number of aryl methyl sites for hydroxylation is 1. The first-order valence-electron chi connectivity index (χ1n) is 8.83. The van der Waals surface area contributed by atoms with Crippen molar-refractivity contribution in [3.05, 3.63) is 70.1 Å². The highest BCUT2D eigenvalue weighted by Crippen LogP contribution is 2.30. The number of carbonyl (C=O) groups is 1. The van der Waals surface area contributed by atoms with Gasteiger partial charge in [0, 0.05) is 5.56 Å². The minimum Gasteiger partial charge on any atom is -0.502 e. The fourth-order valence-corrected chi connectivity index (χ4v) is 3.14. The van der Waals surface area contributed by atoms with Crippen LogP contribution >= 0.6 is 0 Å². The number of oxime groups is 1. The first kappa shape index (κ1) is 18.5. The molecule has 0 saturated heterocycles. The van der Waals surface area contributed by atoms with Gasteiger partial charge in [0.1, 0.15) is 5.75 Å². The lowest BCUT2D eigenvalue weighted by molar-refractivity contribution is 0.0516. The van der Waals surface area contributed by atoms with E-state index in [9.17, 15) is 4.79 Å². The average Bonchev–Trinajstić information content (AvgIpc) is 3.14. The van der Waals surface area contributed by atoms with Crippen molar-refractivity contribution in [1.82, 2.24) is 0 Å². The summed E-state index contributed by atoms with van der Waals surface area (Å²) in [6, 6.07) is 10.4. The molecular weight excluding hydrogens is 342 g/mol. The molecule has 0 aliphatic heterocycles. The van der Waals surface area contributed by atoms with E-state index in [1.165, 1.54) is 17.2 Å². The zero-order valence-corrected chi connectivity index (χ0v) is 15.4. The summed E-state index contributed by atoms with van der Waals surface area (Å²) in [5.41, 5.74) is 9.73. The summed E-state index contributed by atoms with van der Waals surface area (Å²) >= 11 is 0. The first-order valence-corrected chi connectivity index (χ1v) is 8.83. The third-order valence-electron chi connectivity index (χ3n) is 4.33. The zero-order valence-electron chi connectivity index (χ0n) is 15.4. The molecule has 138 valence electrons. The van der Waals surface area contributed by atoms with Crippen molar-refractivity contribution in [3.8, 4) is 5.75 Å². The van der Waals surface area contributed by atoms with Crippen molar-refractivity contribution in [2.45, 2.75) is 39.2 Å². The Morgan fingerprint density at radius 3 is 2.81 bits per heavy atom. The lowest BCUT2D eigenvalue weighted by atomic mass is 10.0. The second kappa shape index (κ2) is 7.92. The van der Waals surface area contributed by atoms with Gasteiger partial charge in [0.25, 0.3) is 0 Å². The van der Waals surface area contributed by atoms with E-state index < -0.39 is 5.97 Å². The van der Waals surface area contributed by atoms with Crippen molar-refractivity contribution in [2.75, 3.05) is 0 Å². The zero-order chi connectivity index (χ0) is 19.4. The molecule has 0 atom stereocenters. The maximum Gasteiger partial charge on any atom is 0.364 e. The smallest absolute Gasteiger partial charge is 0.364 e. The Labute approximate surface area is 158 Å². The van der Waals surface area contributed by atoms with E-state index in [-0.39, 0.29) is 23.2 Å². The molecule has 0 heterocycles. The number of carbonyl (C=O) groups excluding carboxylic acids is 1. The molecule has 1 aliphatic rings. The van der Waals surface area contributed by atoms with Crippen molar-refractivity contribution >= 4 is 17.5 Å². The van der Waals surface area contributed by atoms with Crippen molar-refractivity contribution < 1.29 is 14.4 Å². The molecule has 0 aromatic heterocycles. The Morgan fingerprint density at radius 1 is 1.26 bits per heavy atom. The summed E-state index contributed by atoms with van der Waals surface area (Å²) in [5, 5.41) is 3.81. The fraction of sp³-hybridized carbons (Fsp3) is 0.286. The van der Waals surface area contributed by atoms with Gasteiger partial charge in [-0.05, 0) is 62.4 Å². The Hall–Kier alpha value is -3.33. The maximum absolute atomic E-state index is 12.3. The lowest BCUT2D eigenvalue weighted by Crippen LogP contribution is -2.17. The van der Waals surface area contributed by atoms with Gasteiger partial charge in [-0.2, -0.15) is 0 Å². The van der Waals surface area contributed by atoms with Gasteiger partial charge in [0.05, 0.1) is 18.2 Å². The van der Waals surface area contributed by atoms with E-state index in [2.05, 4.69) is 16.1 Å². The number of rotatable bonds is 5. The highest BCUT2D eigenvalue weighted by Gasteiger charge is 2.17. The van der Waals surface area contributed by atoms with Crippen molar-refractivity contribution in [1.29, 1.82) is 0 Å². The molecule has 2 N–H and O–H groups in total. The Bertz CT molecular complexity index is 942. The van der Waals surface area contributed by atoms with E-state index in [1.807, 2.05) is 26.0 Å². The molecule has 6 nitrogen and oxygen atoms in total. The molecule has 0 amide bonds. The highest BCUT2D eigenvalue weighted by molar-refractivity contribution is 6.00. The summed E-state index contributed by atoms with van der Waals surface area (Å²) in [6.45, 7) is 11.0. The third kappa shape index (κ3) is 4.09. The minimum absolute atomic E-state index is 0.0692. The van der Waals surface area contributed by atoms with Crippen LogP contribution in [0, 0.1) is 6.57 Å². The quantitative estimate of drug-likeness (QED) is 0.286. The summed E-state index contributed by atoms with van der Waals surface area (Å²) < 4.78 is 5.56. The molecule has 2 aromatic carbocycles. The minimum atomic E-state index is -0.675. The Balaban J connectivity index is 1.77. The van der Waals surface area contributed by atoms with E-state index >= 15 is 0 Å². The fourth-order valence-electron chi connectivity index (χ4n) is 3.14. The Morgan fingerprint density at radius 2 is 2.07 bits per heavy atom. The van der Waals surface area contributed by atoms with Gasteiger partial charge < -0.3 is 15.3 Å². The van der Waals surface area contributed by atoms with Gasteiger partial charge in [0.2, 0.25) is 5.69 Å². The first-order chi connectivity index (χ1) is 13.0. The molecule has 6 heteroatoms. The monoisotopic (exact) mass is 363 g/mol. The van der Waals surface area contributed by atoms with E-state index in [0.29, 0.717) is 5.75 Å². The molecule has 0 spiro atoms. The topological polar surface area (TPSA) is 78.3 Å². The van der Waals surface area contributed by atoms with Gasteiger partial charge in [-0.1, -0.05) is 23.4 Å². The van der Waals surface area contributed by atoms with Crippen LogP contribution in [0.2, 0.25) is 0 Å². The summed E-state index contributed by atoms with van der Waals surface area (Å²) in [6.07, 6.45) is 2.99. The molecule has 2 aromatic rings. The Kier molecular flexibility index (Phi) is 5.41. The van der Waals surface area contributed by atoms with Crippen LogP contribution in [0.1, 0.15) is 47.3 Å². The standard InChI is InChI=1S/C21H21N3O3/c1-13(2)26-19-11-10-15(12-18(19)23-3)21(25)27-24-20(22)17-9-5-7-14-6-4-8-16(14)17/h5,7,9-13H,4,6,8H2,1-2H3,(H2,22,24). The second-order valence-corrected chi connectivity index (χ2v) is 6.61. The van der Waals surface area contributed by atoms with Crippen LogP contribution in [0.15, 0.2) is 41.6 Å².